The lowest BCUT2D eigenvalue weighted by molar-refractivity contribution is 0.0959. The van der Waals surface area contributed by atoms with Crippen LogP contribution in [0.15, 0.2) is 16.6 Å². The Hall–Kier alpha value is -0.970. The summed E-state index contributed by atoms with van der Waals surface area (Å²) >= 11 is 2.70. The molecule has 0 radical (unpaired) electrons. The zero-order chi connectivity index (χ0) is 10.0. The third-order valence-corrected chi connectivity index (χ3v) is 2.23. The monoisotopic (exact) mass is 249 g/mol. The summed E-state index contributed by atoms with van der Waals surface area (Å²) in [6.07, 6.45) is 0. The molecular formula is C8H6BrF2NO. The van der Waals surface area contributed by atoms with Gasteiger partial charge in [-0.2, -0.15) is 0 Å². The van der Waals surface area contributed by atoms with E-state index in [1.807, 2.05) is 0 Å². The van der Waals surface area contributed by atoms with Gasteiger partial charge in [-0.05, 0) is 28.1 Å². The lowest BCUT2D eigenvalue weighted by Gasteiger charge is -2.03. The van der Waals surface area contributed by atoms with Crippen LogP contribution in [0.1, 0.15) is 10.4 Å². The average Bonchev–Trinajstić information content (AvgIpc) is 2.13. The number of rotatable bonds is 1. The van der Waals surface area contributed by atoms with Crippen molar-refractivity contribution in [3.8, 4) is 0 Å². The molecule has 1 N–H and O–H groups in total. The molecule has 5 heteroatoms. The Morgan fingerprint density at radius 2 is 2.08 bits per heavy atom. The Kier molecular flexibility index (Phi) is 2.98. The fraction of sp³-hybridized carbons (Fsp3) is 0.125. The van der Waals surface area contributed by atoms with Gasteiger partial charge in [0.25, 0.3) is 5.91 Å². The van der Waals surface area contributed by atoms with Crippen molar-refractivity contribution in [2.45, 2.75) is 0 Å². The molecule has 0 saturated carbocycles. The number of hydrogen-bond acceptors (Lipinski definition) is 1. The molecule has 0 fully saturated rings. The summed E-state index contributed by atoms with van der Waals surface area (Å²) in [6.45, 7) is 0. The predicted octanol–water partition coefficient (Wildman–Crippen LogP) is 2.09. The fourth-order valence-electron chi connectivity index (χ4n) is 0.836. The fourth-order valence-corrected chi connectivity index (χ4v) is 1.18. The first kappa shape index (κ1) is 10.1. The number of carbonyl (C=O) groups excluding carboxylic acids is 1. The van der Waals surface area contributed by atoms with Crippen LogP contribution in [0.2, 0.25) is 0 Å². The lowest BCUT2D eigenvalue weighted by Crippen LogP contribution is -2.19. The zero-order valence-electron chi connectivity index (χ0n) is 6.70. The Bertz CT molecular complexity index is 354. The van der Waals surface area contributed by atoms with Crippen LogP contribution in [0.5, 0.6) is 0 Å². The van der Waals surface area contributed by atoms with Gasteiger partial charge in [-0.3, -0.25) is 4.79 Å². The molecule has 1 aromatic rings. The SMILES string of the molecule is CNC(=O)c1ccc(F)c(Br)c1F. The highest BCUT2D eigenvalue weighted by Crippen LogP contribution is 2.22. The Morgan fingerprint density at radius 3 is 2.62 bits per heavy atom. The Morgan fingerprint density at radius 1 is 1.46 bits per heavy atom. The molecule has 0 aliphatic heterocycles. The van der Waals surface area contributed by atoms with E-state index in [2.05, 4.69) is 21.2 Å². The van der Waals surface area contributed by atoms with Crippen molar-refractivity contribution in [3.63, 3.8) is 0 Å². The molecule has 0 aliphatic rings. The van der Waals surface area contributed by atoms with Crippen LogP contribution in [-0.2, 0) is 0 Å². The lowest BCUT2D eigenvalue weighted by atomic mass is 10.2. The highest BCUT2D eigenvalue weighted by molar-refractivity contribution is 9.10. The second-order valence-corrected chi connectivity index (χ2v) is 3.10. The van der Waals surface area contributed by atoms with Crippen LogP contribution < -0.4 is 5.32 Å². The summed E-state index contributed by atoms with van der Waals surface area (Å²) in [6, 6.07) is 2.12. The number of nitrogens with one attached hydrogen (secondary N) is 1. The third kappa shape index (κ3) is 1.85. The zero-order valence-corrected chi connectivity index (χ0v) is 8.28. The minimum absolute atomic E-state index is 0.184. The van der Waals surface area contributed by atoms with Gasteiger partial charge in [-0.25, -0.2) is 8.78 Å². The maximum Gasteiger partial charge on any atom is 0.254 e. The third-order valence-electron chi connectivity index (χ3n) is 1.51. The summed E-state index contributed by atoms with van der Waals surface area (Å²) in [4.78, 5) is 11.0. The van der Waals surface area contributed by atoms with Crippen LogP contribution in [0.25, 0.3) is 0 Å². The summed E-state index contributed by atoms with van der Waals surface area (Å²) in [5.41, 5.74) is -0.184. The molecule has 70 valence electrons. The van der Waals surface area contributed by atoms with E-state index in [9.17, 15) is 13.6 Å². The van der Waals surface area contributed by atoms with E-state index in [4.69, 9.17) is 0 Å². The molecule has 13 heavy (non-hydrogen) atoms. The van der Waals surface area contributed by atoms with Gasteiger partial charge < -0.3 is 5.32 Å². The number of amides is 1. The Balaban J connectivity index is 3.26. The van der Waals surface area contributed by atoms with Crippen LogP contribution in [0, 0.1) is 11.6 Å². The van der Waals surface area contributed by atoms with Gasteiger partial charge in [0.2, 0.25) is 0 Å². The molecule has 0 heterocycles. The van der Waals surface area contributed by atoms with E-state index < -0.39 is 17.5 Å². The molecule has 0 aromatic heterocycles. The molecule has 1 amide bonds. The Labute approximate surface area is 82.1 Å². The maximum absolute atomic E-state index is 13.2. The van der Waals surface area contributed by atoms with Crippen molar-refractivity contribution in [1.29, 1.82) is 0 Å². The molecule has 0 atom stereocenters. The van der Waals surface area contributed by atoms with Crippen molar-refractivity contribution in [1.82, 2.24) is 5.32 Å². The molecule has 0 unspecified atom stereocenters. The van der Waals surface area contributed by atoms with Crippen molar-refractivity contribution < 1.29 is 13.6 Å². The van der Waals surface area contributed by atoms with Crippen LogP contribution in [0.3, 0.4) is 0 Å². The maximum atomic E-state index is 13.2. The average molecular weight is 250 g/mol. The topological polar surface area (TPSA) is 29.1 Å². The van der Waals surface area contributed by atoms with Crippen molar-refractivity contribution >= 4 is 21.8 Å². The molecule has 0 spiro atoms. The van der Waals surface area contributed by atoms with E-state index >= 15 is 0 Å². The number of carbonyl (C=O) groups is 1. The second-order valence-electron chi connectivity index (χ2n) is 2.30. The summed E-state index contributed by atoms with van der Waals surface area (Å²) in [5.74, 6) is -2.21. The summed E-state index contributed by atoms with van der Waals surface area (Å²) in [5, 5.41) is 2.25. The van der Waals surface area contributed by atoms with Crippen molar-refractivity contribution in [2.75, 3.05) is 7.05 Å². The van der Waals surface area contributed by atoms with Crippen molar-refractivity contribution in [3.05, 3.63) is 33.8 Å². The van der Waals surface area contributed by atoms with E-state index in [0.717, 1.165) is 12.1 Å². The van der Waals surface area contributed by atoms with Crippen LogP contribution in [0.4, 0.5) is 8.78 Å². The van der Waals surface area contributed by atoms with Crippen LogP contribution >= 0.6 is 15.9 Å². The minimum Gasteiger partial charge on any atom is -0.355 e. The largest absolute Gasteiger partial charge is 0.355 e. The first-order chi connectivity index (χ1) is 6.07. The van der Waals surface area contributed by atoms with Gasteiger partial charge in [0.1, 0.15) is 5.82 Å². The van der Waals surface area contributed by atoms with Gasteiger partial charge in [0, 0.05) is 7.05 Å². The summed E-state index contributed by atoms with van der Waals surface area (Å²) in [7, 11) is 1.37. The van der Waals surface area contributed by atoms with E-state index in [1.54, 1.807) is 0 Å². The van der Waals surface area contributed by atoms with Gasteiger partial charge >= 0.3 is 0 Å². The highest BCUT2D eigenvalue weighted by atomic mass is 79.9. The highest BCUT2D eigenvalue weighted by Gasteiger charge is 2.15. The van der Waals surface area contributed by atoms with Gasteiger partial charge in [0.05, 0.1) is 10.0 Å². The van der Waals surface area contributed by atoms with E-state index in [-0.39, 0.29) is 10.0 Å². The predicted molar refractivity (Wildman–Crippen MR) is 47.4 cm³/mol. The molecular weight excluding hydrogens is 244 g/mol. The first-order valence-corrected chi connectivity index (χ1v) is 4.22. The molecule has 2 nitrogen and oxygen atoms in total. The molecule has 0 bridgehead atoms. The van der Waals surface area contributed by atoms with Crippen LogP contribution in [-0.4, -0.2) is 13.0 Å². The first-order valence-electron chi connectivity index (χ1n) is 3.43. The molecule has 0 aliphatic carbocycles. The van der Waals surface area contributed by atoms with Crippen molar-refractivity contribution in [2.24, 2.45) is 0 Å². The normalized spacial score (nSPS) is 9.85. The smallest absolute Gasteiger partial charge is 0.254 e. The van der Waals surface area contributed by atoms with Gasteiger partial charge in [0.15, 0.2) is 5.82 Å². The number of halogens is 3. The summed E-state index contributed by atoms with van der Waals surface area (Å²) < 4.78 is 25.5. The molecule has 0 saturated heterocycles. The minimum atomic E-state index is -0.889. The standard InChI is InChI=1S/C8H6BrF2NO/c1-12-8(13)4-2-3-5(10)6(9)7(4)11/h2-3H,1H3,(H,12,13). The quantitative estimate of drug-likeness (QED) is 0.759. The number of hydrogen-bond donors (Lipinski definition) is 1. The van der Waals surface area contributed by atoms with Gasteiger partial charge in [-0.15, -0.1) is 0 Å². The molecule has 1 rings (SSSR count). The second kappa shape index (κ2) is 3.83. The van der Waals surface area contributed by atoms with E-state index in [1.165, 1.54) is 7.05 Å². The van der Waals surface area contributed by atoms with Gasteiger partial charge in [-0.1, -0.05) is 0 Å². The van der Waals surface area contributed by atoms with E-state index in [0.29, 0.717) is 0 Å². The number of benzene rings is 1. The molecule has 1 aromatic carbocycles.